The van der Waals surface area contributed by atoms with E-state index in [1.165, 1.54) is 10.6 Å². The molecule has 0 radical (unpaired) electrons. The molecule has 18 heavy (non-hydrogen) atoms. The van der Waals surface area contributed by atoms with Gasteiger partial charge in [-0.25, -0.2) is 0 Å². The second-order valence-corrected chi connectivity index (χ2v) is 5.73. The first-order valence-electron chi connectivity index (χ1n) is 6.23. The summed E-state index contributed by atoms with van der Waals surface area (Å²) in [6.07, 6.45) is 6.74. The van der Waals surface area contributed by atoms with Crippen LogP contribution in [0.15, 0.2) is 53.0 Å². The van der Waals surface area contributed by atoms with E-state index in [0.29, 0.717) is 11.7 Å². The van der Waals surface area contributed by atoms with E-state index < -0.39 is 0 Å². The zero-order chi connectivity index (χ0) is 12.5. The van der Waals surface area contributed by atoms with Gasteiger partial charge in [-0.2, -0.15) is 0 Å². The standard InChI is InChI=1S/C15H15NOS/c1-2-13(17)10-7-8-15-12(9-10)16-11-5-3-4-6-14(11)18-15/h3-9,12,15-16H,2H2,1H3. The molecule has 0 amide bonds. The topological polar surface area (TPSA) is 29.1 Å². The lowest BCUT2D eigenvalue weighted by Crippen LogP contribution is -2.34. The number of thioether (sulfide) groups is 1. The monoisotopic (exact) mass is 257 g/mol. The van der Waals surface area contributed by atoms with Gasteiger partial charge in [0.2, 0.25) is 0 Å². The van der Waals surface area contributed by atoms with Gasteiger partial charge in [0.15, 0.2) is 5.78 Å². The fourth-order valence-corrected chi connectivity index (χ4v) is 3.46. The van der Waals surface area contributed by atoms with Crippen molar-refractivity contribution in [2.24, 2.45) is 0 Å². The number of Topliss-reactive ketones (excluding diaryl/α,β-unsaturated/α-hetero) is 1. The summed E-state index contributed by atoms with van der Waals surface area (Å²) >= 11 is 1.86. The Labute approximate surface area is 111 Å². The molecular weight excluding hydrogens is 242 g/mol. The summed E-state index contributed by atoms with van der Waals surface area (Å²) in [6.45, 7) is 1.90. The number of allylic oxidation sites excluding steroid dienone is 2. The van der Waals surface area contributed by atoms with E-state index in [-0.39, 0.29) is 11.8 Å². The highest BCUT2D eigenvalue weighted by molar-refractivity contribution is 8.00. The Hall–Kier alpha value is -1.48. The molecule has 2 atom stereocenters. The van der Waals surface area contributed by atoms with Crippen LogP contribution < -0.4 is 5.32 Å². The lowest BCUT2D eigenvalue weighted by Gasteiger charge is -2.33. The average Bonchev–Trinajstić information content (AvgIpc) is 2.43. The van der Waals surface area contributed by atoms with Gasteiger partial charge in [0.1, 0.15) is 0 Å². The molecule has 3 rings (SSSR count). The van der Waals surface area contributed by atoms with Gasteiger partial charge < -0.3 is 5.32 Å². The van der Waals surface area contributed by atoms with Crippen LogP contribution in [0.1, 0.15) is 13.3 Å². The number of anilines is 1. The van der Waals surface area contributed by atoms with Crippen LogP contribution in [0.25, 0.3) is 0 Å². The van der Waals surface area contributed by atoms with Crippen LogP contribution in [0.2, 0.25) is 0 Å². The Bertz CT molecular complexity index is 547. The molecule has 1 N–H and O–H groups in total. The van der Waals surface area contributed by atoms with Crippen molar-refractivity contribution in [3.05, 3.63) is 48.1 Å². The van der Waals surface area contributed by atoms with Crippen LogP contribution >= 0.6 is 11.8 Å². The zero-order valence-electron chi connectivity index (χ0n) is 10.2. The minimum Gasteiger partial charge on any atom is -0.376 e. The molecule has 92 valence electrons. The molecule has 0 saturated heterocycles. The molecule has 1 aromatic carbocycles. The van der Waals surface area contributed by atoms with E-state index >= 15 is 0 Å². The summed E-state index contributed by atoms with van der Waals surface area (Å²) in [5.41, 5.74) is 2.00. The van der Waals surface area contributed by atoms with Crippen molar-refractivity contribution in [2.45, 2.75) is 29.5 Å². The Morgan fingerprint density at radius 2 is 2.22 bits per heavy atom. The van der Waals surface area contributed by atoms with Crippen LogP contribution in [0.3, 0.4) is 0 Å². The number of carbonyl (C=O) groups excluding carboxylic acids is 1. The van der Waals surface area contributed by atoms with Crippen LogP contribution in [0, 0.1) is 0 Å². The van der Waals surface area contributed by atoms with Gasteiger partial charge in [0.05, 0.1) is 11.3 Å². The number of hydrogen-bond acceptors (Lipinski definition) is 3. The lowest BCUT2D eigenvalue weighted by molar-refractivity contribution is -0.115. The van der Waals surface area contributed by atoms with Gasteiger partial charge in [-0.1, -0.05) is 37.3 Å². The number of hydrogen-bond donors (Lipinski definition) is 1. The van der Waals surface area contributed by atoms with Gasteiger partial charge in [-0.3, -0.25) is 4.79 Å². The van der Waals surface area contributed by atoms with Crippen LogP contribution in [-0.4, -0.2) is 17.1 Å². The predicted molar refractivity (Wildman–Crippen MR) is 76.0 cm³/mol. The van der Waals surface area contributed by atoms with Crippen molar-refractivity contribution in [2.75, 3.05) is 5.32 Å². The Balaban J connectivity index is 1.89. The van der Waals surface area contributed by atoms with Gasteiger partial charge >= 0.3 is 0 Å². The summed E-state index contributed by atoms with van der Waals surface area (Å²) in [5.74, 6) is 0.218. The second-order valence-electron chi connectivity index (χ2n) is 4.51. The van der Waals surface area contributed by atoms with E-state index in [1.54, 1.807) is 0 Å². The summed E-state index contributed by atoms with van der Waals surface area (Å²) in [5, 5.41) is 3.89. The Morgan fingerprint density at radius 1 is 1.39 bits per heavy atom. The number of benzene rings is 1. The van der Waals surface area contributed by atoms with Crippen molar-refractivity contribution < 1.29 is 4.79 Å². The van der Waals surface area contributed by atoms with Crippen LogP contribution in [-0.2, 0) is 4.79 Å². The van der Waals surface area contributed by atoms with Gasteiger partial charge in [-0.05, 0) is 12.1 Å². The SMILES string of the molecule is CCC(=O)C1=CC2Nc3ccccc3SC2C=C1. The normalized spacial score (nSPS) is 24.6. The predicted octanol–water partition coefficient (Wildman–Crippen LogP) is 3.42. The number of para-hydroxylation sites is 1. The molecule has 0 spiro atoms. The summed E-state index contributed by atoms with van der Waals surface area (Å²) in [4.78, 5) is 13.0. The Morgan fingerprint density at radius 3 is 3.06 bits per heavy atom. The first kappa shape index (κ1) is 11.6. The largest absolute Gasteiger partial charge is 0.376 e. The fourth-order valence-electron chi connectivity index (χ4n) is 2.30. The van der Waals surface area contributed by atoms with Gasteiger partial charge in [-0.15, -0.1) is 11.8 Å². The summed E-state index contributed by atoms with van der Waals surface area (Å²) in [7, 11) is 0. The maximum absolute atomic E-state index is 11.7. The minimum absolute atomic E-state index is 0.218. The van der Waals surface area contributed by atoms with E-state index in [0.717, 1.165) is 5.57 Å². The fraction of sp³-hybridized carbons (Fsp3) is 0.267. The highest BCUT2D eigenvalue weighted by atomic mass is 32.2. The zero-order valence-corrected chi connectivity index (χ0v) is 11.0. The first-order chi connectivity index (χ1) is 8.78. The van der Waals surface area contributed by atoms with Gasteiger partial charge in [0, 0.05) is 22.6 Å². The molecular formula is C15H15NOS. The molecule has 0 saturated carbocycles. The molecule has 1 aliphatic heterocycles. The molecule has 0 fully saturated rings. The smallest absolute Gasteiger partial charge is 0.162 e. The van der Waals surface area contributed by atoms with Crippen molar-refractivity contribution in [1.29, 1.82) is 0 Å². The third-order valence-electron chi connectivity index (χ3n) is 3.29. The third kappa shape index (κ3) is 1.99. The minimum atomic E-state index is 0.218. The first-order valence-corrected chi connectivity index (χ1v) is 7.11. The molecule has 0 aromatic heterocycles. The van der Waals surface area contributed by atoms with E-state index in [9.17, 15) is 4.79 Å². The number of nitrogens with one attached hydrogen (secondary N) is 1. The van der Waals surface area contributed by atoms with Crippen molar-refractivity contribution >= 4 is 23.2 Å². The molecule has 2 unspecified atom stereocenters. The highest BCUT2D eigenvalue weighted by Crippen LogP contribution is 2.40. The molecule has 3 heteroatoms. The van der Waals surface area contributed by atoms with Crippen LogP contribution in [0.5, 0.6) is 0 Å². The molecule has 2 nitrogen and oxygen atoms in total. The quantitative estimate of drug-likeness (QED) is 0.880. The molecule has 1 heterocycles. The van der Waals surface area contributed by atoms with E-state index in [1.807, 2.05) is 30.8 Å². The number of fused-ring (bicyclic) bond motifs is 2. The van der Waals surface area contributed by atoms with Crippen LogP contribution in [0.4, 0.5) is 5.69 Å². The van der Waals surface area contributed by atoms with Crippen molar-refractivity contribution in [3.63, 3.8) is 0 Å². The molecule has 1 aromatic rings. The molecule has 2 aliphatic rings. The molecule has 1 aliphatic carbocycles. The number of rotatable bonds is 2. The van der Waals surface area contributed by atoms with E-state index in [2.05, 4.69) is 35.7 Å². The van der Waals surface area contributed by atoms with Crippen molar-refractivity contribution in [1.82, 2.24) is 0 Å². The summed E-state index contributed by atoms with van der Waals surface area (Å²) < 4.78 is 0. The Kier molecular flexibility index (Phi) is 3.00. The van der Waals surface area contributed by atoms with Crippen molar-refractivity contribution in [3.8, 4) is 0 Å². The lowest BCUT2D eigenvalue weighted by atomic mass is 9.97. The maximum Gasteiger partial charge on any atom is 0.162 e. The highest BCUT2D eigenvalue weighted by Gasteiger charge is 2.28. The molecule has 0 bridgehead atoms. The van der Waals surface area contributed by atoms with E-state index in [4.69, 9.17) is 0 Å². The number of ketones is 1. The third-order valence-corrected chi connectivity index (χ3v) is 4.63. The maximum atomic E-state index is 11.7. The van der Waals surface area contributed by atoms with Gasteiger partial charge in [0.25, 0.3) is 0 Å². The summed E-state index contributed by atoms with van der Waals surface area (Å²) in [6, 6.07) is 8.54. The second kappa shape index (κ2) is 4.65. The average molecular weight is 257 g/mol. The number of carbonyl (C=O) groups is 1.